The SMILES string of the molecule is CC1C(N)CCCN1c1n[nH]c(-c2cscn2)n1. The van der Waals surface area contributed by atoms with Crippen molar-refractivity contribution in [3.8, 4) is 11.5 Å². The van der Waals surface area contributed by atoms with E-state index in [0.29, 0.717) is 0 Å². The number of anilines is 1. The molecule has 3 heterocycles. The number of thiazole rings is 1. The first-order chi connectivity index (χ1) is 8.75. The molecule has 1 fully saturated rings. The Morgan fingerprint density at radius 1 is 1.56 bits per heavy atom. The molecule has 96 valence electrons. The fourth-order valence-corrected chi connectivity index (χ4v) is 2.82. The van der Waals surface area contributed by atoms with Crippen molar-refractivity contribution < 1.29 is 0 Å². The molecule has 0 spiro atoms. The van der Waals surface area contributed by atoms with E-state index in [-0.39, 0.29) is 12.1 Å². The molecule has 1 aliphatic rings. The fourth-order valence-electron chi connectivity index (χ4n) is 2.28. The number of nitrogens with two attached hydrogens (primary N) is 1. The molecule has 2 atom stereocenters. The highest BCUT2D eigenvalue weighted by Gasteiger charge is 2.27. The fraction of sp³-hybridized carbons (Fsp3) is 0.545. The van der Waals surface area contributed by atoms with Gasteiger partial charge >= 0.3 is 0 Å². The van der Waals surface area contributed by atoms with Gasteiger partial charge in [-0.25, -0.2) is 4.98 Å². The highest BCUT2D eigenvalue weighted by Crippen LogP contribution is 2.23. The largest absolute Gasteiger partial charge is 0.335 e. The topological polar surface area (TPSA) is 83.7 Å². The van der Waals surface area contributed by atoms with E-state index in [1.807, 2.05) is 5.38 Å². The van der Waals surface area contributed by atoms with Crippen molar-refractivity contribution in [3.05, 3.63) is 10.9 Å². The van der Waals surface area contributed by atoms with Gasteiger partial charge in [0.25, 0.3) is 0 Å². The van der Waals surface area contributed by atoms with Crippen LogP contribution in [0.5, 0.6) is 0 Å². The van der Waals surface area contributed by atoms with Crippen molar-refractivity contribution in [2.24, 2.45) is 5.73 Å². The molecule has 1 saturated heterocycles. The van der Waals surface area contributed by atoms with Gasteiger partial charge in [-0.1, -0.05) is 0 Å². The summed E-state index contributed by atoms with van der Waals surface area (Å²) in [4.78, 5) is 10.9. The molecule has 3 N–H and O–H groups in total. The lowest BCUT2D eigenvalue weighted by molar-refractivity contribution is 0.416. The Morgan fingerprint density at radius 2 is 2.44 bits per heavy atom. The molecule has 2 aromatic heterocycles. The summed E-state index contributed by atoms with van der Waals surface area (Å²) in [6.07, 6.45) is 2.16. The molecule has 1 aliphatic heterocycles. The van der Waals surface area contributed by atoms with Crippen LogP contribution in [0.2, 0.25) is 0 Å². The molecule has 0 aliphatic carbocycles. The van der Waals surface area contributed by atoms with Crippen LogP contribution in [0.3, 0.4) is 0 Å². The van der Waals surface area contributed by atoms with Crippen LogP contribution >= 0.6 is 11.3 Å². The van der Waals surface area contributed by atoms with Crippen LogP contribution in [0.1, 0.15) is 19.8 Å². The number of rotatable bonds is 2. The monoisotopic (exact) mass is 264 g/mol. The molecule has 0 bridgehead atoms. The molecular formula is C11H16N6S. The molecule has 3 rings (SSSR count). The van der Waals surface area contributed by atoms with Crippen LogP contribution in [0, 0.1) is 0 Å². The first-order valence-electron chi connectivity index (χ1n) is 6.09. The maximum absolute atomic E-state index is 6.09. The minimum atomic E-state index is 0.194. The minimum absolute atomic E-state index is 0.194. The second-order valence-corrected chi connectivity index (χ2v) is 5.32. The van der Waals surface area contributed by atoms with Crippen LogP contribution in [-0.4, -0.2) is 38.8 Å². The molecule has 18 heavy (non-hydrogen) atoms. The van der Waals surface area contributed by atoms with Crippen molar-refractivity contribution in [2.45, 2.75) is 31.8 Å². The Balaban J connectivity index is 1.84. The summed E-state index contributed by atoms with van der Waals surface area (Å²) >= 11 is 1.55. The minimum Gasteiger partial charge on any atom is -0.335 e. The summed E-state index contributed by atoms with van der Waals surface area (Å²) in [7, 11) is 0. The van der Waals surface area contributed by atoms with E-state index < -0.39 is 0 Å². The maximum atomic E-state index is 6.09. The summed E-state index contributed by atoms with van der Waals surface area (Å²) in [6, 6.07) is 0.470. The third-order valence-corrected chi connectivity index (χ3v) is 4.04. The number of piperidine rings is 1. The Kier molecular flexibility index (Phi) is 3.00. The summed E-state index contributed by atoms with van der Waals surface area (Å²) in [5, 5.41) is 9.18. The van der Waals surface area contributed by atoms with E-state index in [2.05, 4.69) is 32.0 Å². The molecule has 2 aromatic rings. The van der Waals surface area contributed by atoms with E-state index in [9.17, 15) is 0 Å². The van der Waals surface area contributed by atoms with Crippen molar-refractivity contribution in [3.63, 3.8) is 0 Å². The van der Waals surface area contributed by atoms with E-state index in [1.165, 1.54) is 0 Å². The van der Waals surface area contributed by atoms with Crippen molar-refractivity contribution in [1.82, 2.24) is 20.2 Å². The summed E-state index contributed by atoms with van der Waals surface area (Å²) in [5.41, 5.74) is 8.72. The molecule has 0 amide bonds. The van der Waals surface area contributed by atoms with Crippen LogP contribution in [-0.2, 0) is 0 Å². The number of hydrogen-bond donors (Lipinski definition) is 2. The Bertz CT molecular complexity index is 507. The average Bonchev–Trinajstić information content (AvgIpc) is 3.01. The Morgan fingerprint density at radius 3 is 3.22 bits per heavy atom. The quantitative estimate of drug-likeness (QED) is 0.852. The van der Waals surface area contributed by atoms with Crippen molar-refractivity contribution in [2.75, 3.05) is 11.4 Å². The first kappa shape index (κ1) is 11.6. The van der Waals surface area contributed by atoms with Gasteiger partial charge in [-0.2, -0.15) is 4.98 Å². The molecular weight excluding hydrogens is 248 g/mol. The standard InChI is InChI=1S/C11H16N6S/c1-7-8(12)3-2-4-17(7)11-14-10(15-16-11)9-5-18-6-13-9/h5-8H,2-4,12H2,1H3,(H,14,15,16). The smallest absolute Gasteiger partial charge is 0.245 e. The lowest BCUT2D eigenvalue weighted by atomic mass is 9.99. The zero-order chi connectivity index (χ0) is 12.5. The van der Waals surface area contributed by atoms with E-state index in [4.69, 9.17) is 5.73 Å². The maximum Gasteiger partial charge on any atom is 0.245 e. The van der Waals surface area contributed by atoms with E-state index in [1.54, 1.807) is 16.8 Å². The van der Waals surface area contributed by atoms with Gasteiger partial charge in [0.15, 0.2) is 5.82 Å². The summed E-state index contributed by atoms with van der Waals surface area (Å²) in [5.74, 6) is 1.44. The molecule has 0 saturated carbocycles. The Hall–Kier alpha value is -1.47. The van der Waals surface area contributed by atoms with Gasteiger partial charge in [0.2, 0.25) is 5.95 Å². The summed E-state index contributed by atoms with van der Waals surface area (Å²) < 4.78 is 0. The predicted molar refractivity (Wildman–Crippen MR) is 71.5 cm³/mol. The zero-order valence-corrected chi connectivity index (χ0v) is 11.0. The van der Waals surface area contributed by atoms with E-state index in [0.717, 1.165) is 36.9 Å². The second-order valence-electron chi connectivity index (χ2n) is 4.60. The van der Waals surface area contributed by atoms with Crippen molar-refractivity contribution in [1.29, 1.82) is 0 Å². The van der Waals surface area contributed by atoms with Crippen LogP contribution in [0.15, 0.2) is 10.9 Å². The molecule has 0 aromatic carbocycles. The predicted octanol–water partition coefficient (Wildman–Crippen LogP) is 1.24. The van der Waals surface area contributed by atoms with Gasteiger partial charge in [0.05, 0.1) is 5.51 Å². The number of hydrogen-bond acceptors (Lipinski definition) is 6. The van der Waals surface area contributed by atoms with Crippen LogP contribution < -0.4 is 10.6 Å². The summed E-state index contributed by atoms with van der Waals surface area (Å²) in [6.45, 7) is 3.09. The highest BCUT2D eigenvalue weighted by molar-refractivity contribution is 7.07. The number of H-pyrrole nitrogens is 1. The number of aromatic nitrogens is 4. The first-order valence-corrected chi connectivity index (χ1v) is 7.03. The Labute approximate surface area is 109 Å². The van der Waals surface area contributed by atoms with Crippen molar-refractivity contribution >= 4 is 17.3 Å². The molecule has 7 heteroatoms. The van der Waals surface area contributed by atoms with Gasteiger partial charge in [-0.05, 0) is 19.8 Å². The number of nitrogens with one attached hydrogen (secondary N) is 1. The van der Waals surface area contributed by atoms with Gasteiger partial charge in [0, 0.05) is 24.0 Å². The van der Waals surface area contributed by atoms with Crippen LogP contribution in [0.4, 0.5) is 5.95 Å². The second kappa shape index (κ2) is 4.66. The van der Waals surface area contributed by atoms with Crippen LogP contribution in [0.25, 0.3) is 11.5 Å². The highest BCUT2D eigenvalue weighted by atomic mass is 32.1. The van der Waals surface area contributed by atoms with E-state index >= 15 is 0 Å². The number of nitrogens with zero attached hydrogens (tertiary/aromatic N) is 4. The third-order valence-electron chi connectivity index (χ3n) is 3.45. The van der Waals surface area contributed by atoms with Gasteiger partial charge < -0.3 is 10.6 Å². The normalized spacial score (nSPS) is 24.4. The molecule has 6 nitrogen and oxygen atoms in total. The lowest BCUT2D eigenvalue weighted by Gasteiger charge is -2.36. The zero-order valence-electron chi connectivity index (χ0n) is 10.2. The van der Waals surface area contributed by atoms with Gasteiger partial charge in [-0.3, -0.25) is 5.10 Å². The lowest BCUT2D eigenvalue weighted by Crippen LogP contribution is -2.50. The number of aromatic amines is 1. The molecule has 0 radical (unpaired) electrons. The van der Waals surface area contributed by atoms with Gasteiger partial charge in [0.1, 0.15) is 5.69 Å². The van der Waals surface area contributed by atoms with Gasteiger partial charge in [-0.15, -0.1) is 16.4 Å². The third kappa shape index (κ3) is 1.99. The molecule has 2 unspecified atom stereocenters. The average molecular weight is 264 g/mol.